The lowest BCUT2D eigenvalue weighted by atomic mass is 10.1. The highest BCUT2D eigenvalue weighted by atomic mass is 32.2. The molecule has 8 heteroatoms. The Kier molecular flexibility index (Phi) is 3.99. The van der Waals surface area contributed by atoms with Crippen molar-refractivity contribution >= 4 is 17.6 Å². The number of halogens is 3. The van der Waals surface area contributed by atoms with Crippen LogP contribution in [0.15, 0.2) is 34.2 Å². The lowest BCUT2D eigenvalue weighted by Crippen LogP contribution is -2.18. The number of rotatable bonds is 3. The second-order valence-electron chi connectivity index (χ2n) is 4.47. The fourth-order valence-electron chi connectivity index (χ4n) is 1.86. The van der Waals surface area contributed by atoms with E-state index in [-0.39, 0.29) is 5.56 Å². The summed E-state index contributed by atoms with van der Waals surface area (Å²) in [7, 11) is 1.76. The smallest absolute Gasteiger partial charge is 0.384 e. The van der Waals surface area contributed by atoms with Crippen LogP contribution in [0.5, 0.6) is 0 Å². The van der Waals surface area contributed by atoms with Crippen LogP contribution >= 0.6 is 11.8 Å². The third-order valence-electron chi connectivity index (χ3n) is 2.77. The molecule has 112 valence electrons. The Balaban J connectivity index is 2.41. The Morgan fingerprint density at radius 3 is 2.48 bits per heavy atom. The first-order chi connectivity index (χ1) is 9.68. The van der Waals surface area contributed by atoms with Crippen molar-refractivity contribution < 1.29 is 13.2 Å². The molecule has 3 N–H and O–H groups in total. The van der Waals surface area contributed by atoms with Gasteiger partial charge in [0.1, 0.15) is 5.84 Å². The molecule has 0 saturated heterocycles. The van der Waals surface area contributed by atoms with Crippen LogP contribution in [0, 0.1) is 12.3 Å². The van der Waals surface area contributed by atoms with Crippen LogP contribution in [0.1, 0.15) is 16.8 Å². The minimum absolute atomic E-state index is 0.314. The van der Waals surface area contributed by atoms with Crippen LogP contribution in [0.4, 0.5) is 13.2 Å². The molecule has 0 bridgehead atoms. The van der Waals surface area contributed by atoms with E-state index in [9.17, 15) is 13.2 Å². The number of nitrogens with two attached hydrogens (primary N) is 1. The van der Waals surface area contributed by atoms with Gasteiger partial charge in [0.2, 0.25) is 0 Å². The lowest BCUT2D eigenvalue weighted by Gasteiger charge is -2.13. The van der Waals surface area contributed by atoms with Crippen molar-refractivity contribution in [3.05, 3.63) is 41.1 Å². The number of aryl methyl sites for hydroxylation is 2. The largest absolute Gasteiger partial charge is 0.417 e. The zero-order chi connectivity index (χ0) is 15.8. The number of nitrogens with one attached hydrogen (secondary N) is 1. The summed E-state index contributed by atoms with van der Waals surface area (Å²) < 4.78 is 40.2. The molecule has 0 aliphatic carbocycles. The Bertz CT molecular complexity index is 691. The molecule has 0 unspecified atom stereocenters. The molecule has 1 aromatic carbocycles. The number of nitrogen functional groups attached to an aromatic ring is 1. The van der Waals surface area contributed by atoms with Crippen molar-refractivity contribution in [3.8, 4) is 0 Å². The summed E-state index contributed by atoms with van der Waals surface area (Å²) in [6.07, 6.45) is -4.53. The Morgan fingerprint density at radius 2 is 2.00 bits per heavy atom. The summed E-state index contributed by atoms with van der Waals surface area (Å²) in [5.41, 5.74) is 4.87. The summed E-state index contributed by atoms with van der Waals surface area (Å²) in [5, 5.41) is 12.3. The van der Waals surface area contributed by atoms with Crippen molar-refractivity contribution in [1.29, 1.82) is 5.41 Å². The number of aromatic nitrogens is 2. The second kappa shape index (κ2) is 5.44. The third kappa shape index (κ3) is 3.38. The van der Waals surface area contributed by atoms with Gasteiger partial charge in [-0.3, -0.25) is 10.1 Å². The van der Waals surface area contributed by atoms with Gasteiger partial charge in [-0.15, -0.1) is 0 Å². The van der Waals surface area contributed by atoms with E-state index in [1.165, 1.54) is 23.9 Å². The van der Waals surface area contributed by atoms with Crippen LogP contribution in [0.3, 0.4) is 0 Å². The first-order valence-electron chi connectivity index (χ1n) is 5.92. The molecule has 0 amide bonds. The monoisotopic (exact) mass is 314 g/mol. The molecule has 0 aliphatic heterocycles. The summed E-state index contributed by atoms with van der Waals surface area (Å²) in [6.45, 7) is 1.83. The minimum atomic E-state index is -4.53. The average Bonchev–Trinajstić information content (AvgIpc) is 2.66. The van der Waals surface area contributed by atoms with Gasteiger partial charge in [-0.25, -0.2) is 0 Å². The van der Waals surface area contributed by atoms with Gasteiger partial charge < -0.3 is 5.73 Å². The van der Waals surface area contributed by atoms with Gasteiger partial charge in [-0.1, -0.05) is 11.8 Å². The first-order valence-corrected chi connectivity index (χ1v) is 6.74. The van der Waals surface area contributed by atoms with Crippen LogP contribution < -0.4 is 5.73 Å². The predicted octanol–water partition coefficient (Wildman–Crippen LogP) is 3.18. The van der Waals surface area contributed by atoms with Crippen LogP contribution in [-0.2, 0) is 13.2 Å². The molecule has 0 saturated carbocycles. The molecule has 21 heavy (non-hydrogen) atoms. The second-order valence-corrected chi connectivity index (χ2v) is 5.56. The zero-order valence-electron chi connectivity index (χ0n) is 11.3. The normalized spacial score (nSPS) is 11.7. The van der Waals surface area contributed by atoms with E-state index in [0.717, 1.165) is 16.8 Å². The van der Waals surface area contributed by atoms with Crippen LogP contribution in [0.25, 0.3) is 0 Å². The quantitative estimate of drug-likeness (QED) is 0.675. The number of amidine groups is 1. The van der Waals surface area contributed by atoms with Crippen molar-refractivity contribution in [3.63, 3.8) is 0 Å². The first kappa shape index (κ1) is 15.4. The van der Waals surface area contributed by atoms with E-state index in [1.54, 1.807) is 11.7 Å². The maximum absolute atomic E-state index is 12.9. The molecule has 2 rings (SSSR count). The molecular weight excluding hydrogens is 301 g/mol. The van der Waals surface area contributed by atoms with Gasteiger partial charge in [0.25, 0.3) is 0 Å². The third-order valence-corrected chi connectivity index (χ3v) is 3.85. The fourth-order valence-corrected chi connectivity index (χ4v) is 2.82. The number of hydrogen-bond acceptors (Lipinski definition) is 3. The van der Waals surface area contributed by atoms with Gasteiger partial charge in [0, 0.05) is 17.5 Å². The van der Waals surface area contributed by atoms with Crippen LogP contribution in [0.2, 0.25) is 0 Å². The number of alkyl halides is 3. The highest BCUT2D eigenvalue weighted by molar-refractivity contribution is 7.99. The molecule has 0 spiro atoms. The van der Waals surface area contributed by atoms with Crippen molar-refractivity contribution in [1.82, 2.24) is 9.78 Å². The van der Waals surface area contributed by atoms with E-state index in [2.05, 4.69) is 5.10 Å². The van der Waals surface area contributed by atoms with Gasteiger partial charge in [-0.2, -0.15) is 18.3 Å². The van der Waals surface area contributed by atoms with Crippen LogP contribution in [-0.4, -0.2) is 15.6 Å². The molecule has 2 aromatic rings. The number of hydrogen-bond donors (Lipinski definition) is 2. The van der Waals surface area contributed by atoms with Crippen molar-refractivity contribution in [2.24, 2.45) is 12.8 Å². The summed E-state index contributed by atoms with van der Waals surface area (Å²) in [4.78, 5) is 0.566. The zero-order valence-corrected chi connectivity index (χ0v) is 12.1. The van der Waals surface area contributed by atoms with Gasteiger partial charge in [0.05, 0.1) is 16.3 Å². The fraction of sp³-hybridized carbons (Fsp3) is 0.231. The Hall–Kier alpha value is -1.96. The van der Waals surface area contributed by atoms with E-state index >= 15 is 0 Å². The molecule has 4 nitrogen and oxygen atoms in total. The van der Waals surface area contributed by atoms with E-state index in [0.29, 0.717) is 4.90 Å². The summed E-state index contributed by atoms with van der Waals surface area (Å²) in [6, 6.07) is 5.42. The standard InChI is InChI=1S/C13H13F3N4S/c1-7-5-11(20(2)19-7)21-8-3-4-10(13(14,15)16)9(6-8)12(17)18/h3-6H,1-2H3,(H3,17,18). The highest BCUT2D eigenvalue weighted by Gasteiger charge is 2.34. The topological polar surface area (TPSA) is 67.7 Å². The molecule has 1 heterocycles. The maximum Gasteiger partial charge on any atom is 0.417 e. The van der Waals surface area contributed by atoms with Gasteiger partial charge in [0.15, 0.2) is 0 Å². The average molecular weight is 314 g/mol. The molecule has 0 radical (unpaired) electrons. The van der Waals surface area contributed by atoms with Crippen molar-refractivity contribution in [2.75, 3.05) is 0 Å². The predicted molar refractivity (Wildman–Crippen MR) is 74.5 cm³/mol. The molecular formula is C13H13F3N4S. The van der Waals surface area contributed by atoms with E-state index < -0.39 is 17.6 Å². The molecule has 0 atom stereocenters. The minimum Gasteiger partial charge on any atom is -0.384 e. The summed E-state index contributed by atoms with van der Waals surface area (Å²) >= 11 is 1.27. The highest BCUT2D eigenvalue weighted by Crippen LogP contribution is 2.35. The van der Waals surface area contributed by atoms with Crippen molar-refractivity contribution in [2.45, 2.75) is 23.0 Å². The molecule has 0 aliphatic rings. The van der Waals surface area contributed by atoms with E-state index in [4.69, 9.17) is 11.1 Å². The molecule has 0 fully saturated rings. The maximum atomic E-state index is 12.9. The Labute approximate surface area is 123 Å². The van der Waals surface area contributed by atoms with Gasteiger partial charge >= 0.3 is 6.18 Å². The van der Waals surface area contributed by atoms with Gasteiger partial charge in [-0.05, 0) is 31.2 Å². The Morgan fingerprint density at radius 1 is 1.33 bits per heavy atom. The number of benzene rings is 1. The SMILES string of the molecule is Cc1cc(Sc2ccc(C(F)(F)F)c(C(=N)N)c2)n(C)n1. The van der Waals surface area contributed by atoms with E-state index in [1.807, 2.05) is 13.0 Å². The lowest BCUT2D eigenvalue weighted by molar-refractivity contribution is -0.137. The summed E-state index contributed by atoms with van der Waals surface area (Å²) in [5.74, 6) is -0.606. The molecule has 1 aromatic heterocycles. The number of nitrogens with zero attached hydrogens (tertiary/aromatic N) is 2.